The molecule has 3 rings (SSSR count). The summed E-state index contributed by atoms with van der Waals surface area (Å²) in [6, 6.07) is 9.58. The molecule has 0 aliphatic carbocycles. The van der Waals surface area contributed by atoms with E-state index in [2.05, 4.69) is 5.16 Å². The van der Waals surface area contributed by atoms with Crippen molar-refractivity contribution in [3.63, 3.8) is 0 Å². The largest absolute Gasteiger partial charge is 0.480 e. The number of sulfone groups is 1. The summed E-state index contributed by atoms with van der Waals surface area (Å²) >= 11 is 12.0. The number of aromatic nitrogens is 1. The van der Waals surface area contributed by atoms with Gasteiger partial charge in [-0.05, 0) is 24.3 Å². The third kappa shape index (κ3) is 2.98. The molecular formula is C15H9Cl2NO5S. The number of halogens is 2. The second kappa shape index (κ2) is 6.08. The van der Waals surface area contributed by atoms with Gasteiger partial charge in [-0.1, -0.05) is 40.5 Å². The zero-order valence-electron chi connectivity index (χ0n) is 11.9. The molecule has 0 spiro atoms. The van der Waals surface area contributed by atoms with Gasteiger partial charge in [-0.25, -0.2) is 8.42 Å². The van der Waals surface area contributed by atoms with Gasteiger partial charge in [0.1, 0.15) is 10.7 Å². The monoisotopic (exact) mass is 385 g/mol. The predicted octanol–water partition coefficient (Wildman–Crippen LogP) is 3.66. The topological polar surface area (TPSA) is 97.5 Å². The fourth-order valence-electron chi connectivity index (χ4n) is 2.25. The first-order valence-electron chi connectivity index (χ1n) is 6.58. The Morgan fingerprint density at radius 1 is 1.12 bits per heavy atom. The molecule has 3 aromatic rings. The zero-order chi connectivity index (χ0) is 17.5. The standard InChI is InChI=1S/C15H9Cl2NO5S/c16-9-3-1-8(2-4-9)14-10-5-6-11(13(17)15(10)23-18-14)24(21,22)7-12(19)20/h1-6H,7H2,(H,19,20). The van der Waals surface area contributed by atoms with Crippen LogP contribution < -0.4 is 0 Å². The third-order valence-electron chi connectivity index (χ3n) is 3.31. The highest BCUT2D eigenvalue weighted by atomic mass is 35.5. The molecule has 0 aliphatic heterocycles. The maximum absolute atomic E-state index is 12.1. The summed E-state index contributed by atoms with van der Waals surface area (Å²) in [6.45, 7) is 0. The molecule has 0 fully saturated rings. The molecule has 0 saturated heterocycles. The number of carboxylic acid groups (broad SMARTS) is 1. The van der Waals surface area contributed by atoms with Crippen molar-refractivity contribution >= 4 is 50.0 Å². The minimum Gasteiger partial charge on any atom is -0.480 e. The molecule has 0 radical (unpaired) electrons. The van der Waals surface area contributed by atoms with Crippen molar-refractivity contribution in [2.24, 2.45) is 0 Å². The van der Waals surface area contributed by atoms with Gasteiger partial charge in [0.25, 0.3) is 0 Å². The molecule has 9 heteroatoms. The quantitative estimate of drug-likeness (QED) is 0.735. The number of aliphatic carboxylic acids is 1. The number of rotatable bonds is 4. The highest BCUT2D eigenvalue weighted by Gasteiger charge is 2.25. The van der Waals surface area contributed by atoms with Crippen LogP contribution in [0.4, 0.5) is 0 Å². The third-order valence-corrected chi connectivity index (χ3v) is 5.69. The van der Waals surface area contributed by atoms with Crippen molar-refractivity contribution in [2.45, 2.75) is 4.90 Å². The molecule has 0 unspecified atom stereocenters. The van der Waals surface area contributed by atoms with Crippen LogP contribution in [-0.4, -0.2) is 30.4 Å². The van der Waals surface area contributed by atoms with Gasteiger partial charge in [-0.2, -0.15) is 0 Å². The Morgan fingerprint density at radius 3 is 2.42 bits per heavy atom. The lowest BCUT2D eigenvalue weighted by Crippen LogP contribution is -2.15. The first kappa shape index (κ1) is 16.8. The number of nitrogens with zero attached hydrogens (tertiary/aromatic N) is 1. The SMILES string of the molecule is O=C(O)CS(=O)(=O)c1ccc2c(-c3ccc(Cl)cc3)noc2c1Cl. The maximum atomic E-state index is 12.1. The van der Waals surface area contributed by atoms with Gasteiger partial charge < -0.3 is 9.63 Å². The summed E-state index contributed by atoms with van der Waals surface area (Å²) in [7, 11) is -4.08. The molecule has 6 nitrogen and oxygen atoms in total. The summed E-state index contributed by atoms with van der Waals surface area (Å²) in [5.74, 6) is -2.53. The van der Waals surface area contributed by atoms with Crippen molar-refractivity contribution in [1.82, 2.24) is 5.16 Å². The number of benzene rings is 2. The Hall–Kier alpha value is -2.09. The van der Waals surface area contributed by atoms with Crippen molar-refractivity contribution < 1.29 is 22.8 Å². The summed E-state index contributed by atoms with van der Waals surface area (Å²) < 4.78 is 29.3. The Morgan fingerprint density at radius 2 is 1.79 bits per heavy atom. The van der Waals surface area contributed by atoms with E-state index in [-0.39, 0.29) is 15.5 Å². The molecule has 2 aromatic carbocycles. The predicted molar refractivity (Wildman–Crippen MR) is 89.2 cm³/mol. The number of fused-ring (bicyclic) bond motifs is 1. The van der Waals surface area contributed by atoms with Gasteiger partial charge in [0.2, 0.25) is 0 Å². The lowest BCUT2D eigenvalue weighted by atomic mass is 10.1. The number of hydrogen-bond donors (Lipinski definition) is 1. The van der Waals surface area contributed by atoms with E-state index in [1.807, 2.05) is 0 Å². The molecule has 1 heterocycles. The van der Waals surface area contributed by atoms with Crippen LogP contribution in [0, 0.1) is 0 Å². The van der Waals surface area contributed by atoms with Crippen LogP contribution in [0.15, 0.2) is 45.8 Å². The molecule has 124 valence electrons. The molecule has 0 bridgehead atoms. The van der Waals surface area contributed by atoms with E-state index < -0.39 is 21.6 Å². The number of hydrogen-bond acceptors (Lipinski definition) is 5. The van der Waals surface area contributed by atoms with E-state index in [9.17, 15) is 13.2 Å². The Bertz CT molecular complexity index is 1040. The van der Waals surface area contributed by atoms with Gasteiger partial charge in [-0.3, -0.25) is 4.79 Å². The van der Waals surface area contributed by atoms with E-state index >= 15 is 0 Å². The summed E-state index contributed by atoms with van der Waals surface area (Å²) in [5.41, 5.74) is 1.27. The van der Waals surface area contributed by atoms with Gasteiger partial charge >= 0.3 is 5.97 Å². The maximum Gasteiger partial charge on any atom is 0.319 e. The Balaban J connectivity index is 2.16. The molecule has 1 N–H and O–H groups in total. The normalized spacial score (nSPS) is 11.8. The second-order valence-electron chi connectivity index (χ2n) is 4.95. The molecule has 0 aliphatic rings. The minimum absolute atomic E-state index is 0.0769. The van der Waals surface area contributed by atoms with Crippen LogP contribution in [0.25, 0.3) is 22.2 Å². The van der Waals surface area contributed by atoms with Crippen LogP contribution in [0.3, 0.4) is 0 Å². The fraction of sp³-hybridized carbons (Fsp3) is 0.0667. The van der Waals surface area contributed by atoms with Crippen LogP contribution in [-0.2, 0) is 14.6 Å². The molecule has 1 aromatic heterocycles. The number of carbonyl (C=O) groups is 1. The van der Waals surface area contributed by atoms with Gasteiger partial charge in [0, 0.05) is 10.6 Å². The summed E-state index contributed by atoms with van der Waals surface area (Å²) in [5, 5.41) is 13.5. The lowest BCUT2D eigenvalue weighted by molar-refractivity contribution is -0.134. The van der Waals surface area contributed by atoms with Crippen molar-refractivity contribution in [3.05, 3.63) is 46.4 Å². The van der Waals surface area contributed by atoms with Crippen molar-refractivity contribution in [1.29, 1.82) is 0 Å². The number of carboxylic acids is 1. The van der Waals surface area contributed by atoms with Crippen LogP contribution in [0.2, 0.25) is 10.0 Å². The Labute approximate surface area is 146 Å². The summed E-state index contributed by atoms with van der Waals surface area (Å²) in [6.07, 6.45) is 0. The van der Waals surface area contributed by atoms with E-state index in [1.165, 1.54) is 12.1 Å². The zero-order valence-corrected chi connectivity index (χ0v) is 14.2. The highest BCUT2D eigenvalue weighted by Crippen LogP contribution is 2.36. The van der Waals surface area contributed by atoms with E-state index in [0.717, 1.165) is 5.56 Å². The van der Waals surface area contributed by atoms with Gasteiger partial charge in [-0.15, -0.1) is 0 Å². The molecule has 0 amide bonds. The van der Waals surface area contributed by atoms with Crippen LogP contribution in [0.1, 0.15) is 0 Å². The molecule has 0 atom stereocenters. The van der Waals surface area contributed by atoms with Crippen LogP contribution in [0.5, 0.6) is 0 Å². The van der Waals surface area contributed by atoms with E-state index in [4.69, 9.17) is 32.8 Å². The average molecular weight is 386 g/mol. The Kier molecular flexibility index (Phi) is 4.25. The van der Waals surface area contributed by atoms with Crippen molar-refractivity contribution in [2.75, 3.05) is 5.75 Å². The summed E-state index contributed by atoms with van der Waals surface area (Å²) in [4.78, 5) is 10.4. The smallest absolute Gasteiger partial charge is 0.319 e. The van der Waals surface area contributed by atoms with E-state index in [0.29, 0.717) is 16.1 Å². The van der Waals surface area contributed by atoms with Gasteiger partial charge in [0.05, 0.1) is 10.3 Å². The van der Waals surface area contributed by atoms with Gasteiger partial charge in [0.15, 0.2) is 21.2 Å². The lowest BCUT2D eigenvalue weighted by Gasteiger charge is -2.04. The molecule has 0 saturated carbocycles. The van der Waals surface area contributed by atoms with E-state index in [1.54, 1.807) is 24.3 Å². The minimum atomic E-state index is -4.08. The highest BCUT2D eigenvalue weighted by molar-refractivity contribution is 7.92. The second-order valence-corrected chi connectivity index (χ2v) is 7.72. The first-order valence-corrected chi connectivity index (χ1v) is 8.99. The first-order chi connectivity index (χ1) is 11.3. The average Bonchev–Trinajstić information content (AvgIpc) is 2.91. The van der Waals surface area contributed by atoms with Crippen LogP contribution >= 0.6 is 23.2 Å². The molecule has 24 heavy (non-hydrogen) atoms. The molecular weight excluding hydrogens is 377 g/mol. The van der Waals surface area contributed by atoms with Crippen molar-refractivity contribution in [3.8, 4) is 11.3 Å². The fourth-order valence-corrected chi connectivity index (χ4v) is 4.05.